The molecule has 17 heavy (non-hydrogen) atoms. The number of benzene rings is 1. The van der Waals surface area contributed by atoms with Crippen LogP contribution in [0.25, 0.3) is 0 Å². The van der Waals surface area contributed by atoms with Crippen LogP contribution < -0.4 is 4.74 Å². The van der Waals surface area contributed by atoms with Gasteiger partial charge in [-0.2, -0.15) is 0 Å². The van der Waals surface area contributed by atoms with Gasteiger partial charge in [-0.05, 0) is 36.3 Å². The van der Waals surface area contributed by atoms with Gasteiger partial charge in [0.2, 0.25) is 0 Å². The molecule has 0 saturated carbocycles. The molecule has 1 aromatic carbocycles. The number of halogens is 1. The van der Waals surface area contributed by atoms with Crippen molar-refractivity contribution in [1.82, 2.24) is 4.98 Å². The lowest BCUT2D eigenvalue weighted by molar-refractivity contribution is 0.414. The highest BCUT2D eigenvalue weighted by Gasteiger charge is 1.91. The summed E-state index contributed by atoms with van der Waals surface area (Å²) in [4.78, 5) is 4.13. The first kappa shape index (κ1) is 13.1. The first-order valence-corrected chi connectivity index (χ1v) is 4.95. The summed E-state index contributed by atoms with van der Waals surface area (Å²) < 4.78 is 5.12. The topological polar surface area (TPSA) is 22.1 Å². The summed E-state index contributed by atoms with van der Waals surface area (Å²) in [5.41, 5.74) is 1.69. The Balaban J connectivity index is 0.00000144. The van der Waals surface area contributed by atoms with Crippen molar-refractivity contribution in [1.29, 1.82) is 0 Å². The second-order valence-electron chi connectivity index (χ2n) is 3.20. The molecule has 0 aliphatic heterocycles. The van der Waals surface area contributed by atoms with Gasteiger partial charge >= 0.3 is 0 Å². The zero-order valence-electron chi connectivity index (χ0n) is 9.38. The highest BCUT2D eigenvalue weighted by molar-refractivity contribution is 5.85. The third-order valence-electron chi connectivity index (χ3n) is 2.07. The Morgan fingerprint density at radius 3 is 2.65 bits per heavy atom. The largest absolute Gasteiger partial charge is 0.497 e. The molecule has 1 aromatic heterocycles. The molecule has 0 saturated heterocycles. The molecule has 0 amide bonds. The fraction of sp³-hybridized carbons (Fsp3) is 0.0714. The SMILES string of the molecule is COc1cccc(C#Cc2ccccn2)c1.Cl. The van der Waals surface area contributed by atoms with Crippen molar-refractivity contribution < 1.29 is 4.74 Å². The fourth-order valence-corrected chi connectivity index (χ4v) is 1.27. The lowest BCUT2D eigenvalue weighted by Crippen LogP contribution is -1.83. The van der Waals surface area contributed by atoms with E-state index in [0.29, 0.717) is 0 Å². The number of hydrogen-bond donors (Lipinski definition) is 0. The maximum absolute atomic E-state index is 5.12. The van der Waals surface area contributed by atoms with Crippen LogP contribution in [0.3, 0.4) is 0 Å². The number of methoxy groups -OCH3 is 1. The van der Waals surface area contributed by atoms with Crippen molar-refractivity contribution in [2.24, 2.45) is 0 Å². The van der Waals surface area contributed by atoms with E-state index >= 15 is 0 Å². The summed E-state index contributed by atoms with van der Waals surface area (Å²) in [5.74, 6) is 6.85. The lowest BCUT2D eigenvalue weighted by atomic mass is 10.2. The van der Waals surface area contributed by atoms with E-state index in [0.717, 1.165) is 17.0 Å². The van der Waals surface area contributed by atoms with Gasteiger partial charge in [-0.3, -0.25) is 0 Å². The Morgan fingerprint density at radius 1 is 1.06 bits per heavy atom. The van der Waals surface area contributed by atoms with Gasteiger partial charge in [0.15, 0.2) is 0 Å². The van der Waals surface area contributed by atoms with Crippen molar-refractivity contribution >= 4 is 12.4 Å². The van der Waals surface area contributed by atoms with Gasteiger partial charge in [0, 0.05) is 11.8 Å². The molecule has 0 spiro atoms. The molecular formula is C14H12ClNO. The summed E-state index contributed by atoms with van der Waals surface area (Å²) in [5, 5.41) is 0. The minimum atomic E-state index is 0. The molecule has 0 aliphatic rings. The average Bonchev–Trinajstić information content (AvgIpc) is 2.38. The van der Waals surface area contributed by atoms with Gasteiger partial charge < -0.3 is 4.74 Å². The van der Waals surface area contributed by atoms with Crippen LogP contribution in [0, 0.1) is 11.8 Å². The minimum Gasteiger partial charge on any atom is -0.497 e. The molecule has 1 heterocycles. The smallest absolute Gasteiger partial charge is 0.120 e. The van der Waals surface area contributed by atoms with Gasteiger partial charge in [-0.25, -0.2) is 4.98 Å². The van der Waals surface area contributed by atoms with Gasteiger partial charge in [0.05, 0.1) is 7.11 Å². The predicted octanol–water partition coefficient (Wildman–Crippen LogP) is 2.91. The van der Waals surface area contributed by atoms with Gasteiger partial charge in [-0.15, -0.1) is 12.4 Å². The quantitative estimate of drug-likeness (QED) is 0.721. The van der Waals surface area contributed by atoms with E-state index in [1.165, 1.54) is 0 Å². The van der Waals surface area contributed by atoms with Crippen molar-refractivity contribution in [3.63, 3.8) is 0 Å². The van der Waals surface area contributed by atoms with E-state index in [1.54, 1.807) is 13.3 Å². The maximum atomic E-state index is 5.12. The number of ether oxygens (including phenoxy) is 1. The zero-order chi connectivity index (χ0) is 11.2. The van der Waals surface area contributed by atoms with E-state index in [-0.39, 0.29) is 12.4 Å². The van der Waals surface area contributed by atoms with Gasteiger partial charge in [-0.1, -0.05) is 18.1 Å². The molecule has 0 bridgehead atoms. The molecular weight excluding hydrogens is 234 g/mol. The summed E-state index contributed by atoms with van der Waals surface area (Å²) in [6, 6.07) is 13.3. The third kappa shape index (κ3) is 3.82. The summed E-state index contributed by atoms with van der Waals surface area (Å²) in [6.45, 7) is 0. The molecule has 0 atom stereocenters. The molecule has 2 aromatic rings. The van der Waals surface area contributed by atoms with E-state index in [4.69, 9.17) is 4.74 Å². The molecule has 0 N–H and O–H groups in total. The van der Waals surface area contributed by atoms with Crippen molar-refractivity contribution in [3.05, 3.63) is 59.9 Å². The van der Waals surface area contributed by atoms with E-state index in [1.807, 2.05) is 42.5 Å². The van der Waals surface area contributed by atoms with Gasteiger partial charge in [0.1, 0.15) is 11.4 Å². The Bertz CT molecular complexity index is 529. The van der Waals surface area contributed by atoms with Crippen LogP contribution in [-0.4, -0.2) is 12.1 Å². The van der Waals surface area contributed by atoms with Crippen molar-refractivity contribution in [2.45, 2.75) is 0 Å². The maximum Gasteiger partial charge on any atom is 0.120 e. The molecule has 2 rings (SSSR count). The highest BCUT2D eigenvalue weighted by atomic mass is 35.5. The van der Waals surface area contributed by atoms with Crippen molar-refractivity contribution in [2.75, 3.05) is 7.11 Å². The molecule has 86 valence electrons. The normalized spacial score (nSPS) is 8.53. The van der Waals surface area contributed by atoms with E-state index in [9.17, 15) is 0 Å². The fourth-order valence-electron chi connectivity index (χ4n) is 1.27. The molecule has 0 unspecified atom stereocenters. The number of aromatic nitrogens is 1. The van der Waals surface area contributed by atoms with Crippen LogP contribution in [0.5, 0.6) is 5.75 Å². The molecule has 0 aliphatic carbocycles. The highest BCUT2D eigenvalue weighted by Crippen LogP contribution is 2.11. The standard InChI is InChI=1S/C14H11NO.ClH/c1-16-14-7-4-5-12(11-14)8-9-13-6-2-3-10-15-13;/h2-7,10-11H,1H3;1H. The van der Waals surface area contributed by atoms with Crippen LogP contribution in [0.2, 0.25) is 0 Å². The van der Waals surface area contributed by atoms with Crippen LogP contribution >= 0.6 is 12.4 Å². The lowest BCUT2D eigenvalue weighted by Gasteiger charge is -1.98. The Morgan fingerprint density at radius 2 is 1.94 bits per heavy atom. The summed E-state index contributed by atoms with van der Waals surface area (Å²) in [7, 11) is 1.64. The Hall–Kier alpha value is -1.98. The molecule has 0 fully saturated rings. The number of rotatable bonds is 1. The Kier molecular flexibility index (Phi) is 5.06. The first-order chi connectivity index (χ1) is 7.88. The first-order valence-electron chi connectivity index (χ1n) is 4.95. The zero-order valence-corrected chi connectivity index (χ0v) is 10.2. The predicted molar refractivity (Wildman–Crippen MR) is 70.5 cm³/mol. The summed E-state index contributed by atoms with van der Waals surface area (Å²) >= 11 is 0. The number of nitrogens with zero attached hydrogens (tertiary/aromatic N) is 1. The number of pyridine rings is 1. The monoisotopic (exact) mass is 245 g/mol. The second kappa shape index (κ2) is 6.57. The van der Waals surface area contributed by atoms with Crippen molar-refractivity contribution in [3.8, 4) is 17.6 Å². The van der Waals surface area contributed by atoms with E-state index < -0.39 is 0 Å². The van der Waals surface area contributed by atoms with Crippen LogP contribution in [0.4, 0.5) is 0 Å². The molecule has 3 heteroatoms. The molecule has 2 nitrogen and oxygen atoms in total. The van der Waals surface area contributed by atoms with E-state index in [2.05, 4.69) is 16.8 Å². The third-order valence-corrected chi connectivity index (χ3v) is 2.07. The minimum absolute atomic E-state index is 0. The second-order valence-corrected chi connectivity index (χ2v) is 3.20. The van der Waals surface area contributed by atoms with Crippen LogP contribution in [0.15, 0.2) is 48.7 Å². The Labute approximate surface area is 107 Å². The molecule has 0 radical (unpaired) electrons. The summed E-state index contributed by atoms with van der Waals surface area (Å²) in [6.07, 6.45) is 1.73. The average molecular weight is 246 g/mol. The van der Waals surface area contributed by atoms with Gasteiger partial charge in [0.25, 0.3) is 0 Å². The van der Waals surface area contributed by atoms with Crippen LogP contribution in [0.1, 0.15) is 11.3 Å². The number of hydrogen-bond acceptors (Lipinski definition) is 2. The van der Waals surface area contributed by atoms with Crippen LogP contribution in [-0.2, 0) is 0 Å².